The Kier molecular flexibility index (Phi) is 4.42. The molecule has 130 valence electrons. The van der Waals surface area contributed by atoms with Gasteiger partial charge in [0, 0.05) is 23.5 Å². The average molecular weight is 349 g/mol. The molecule has 0 radical (unpaired) electrons. The number of hydrogen-bond acceptors (Lipinski definition) is 4. The van der Waals surface area contributed by atoms with Gasteiger partial charge in [0.15, 0.2) is 9.84 Å². The fourth-order valence-corrected chi connectivity index (χ4v) is 5.18. The van der Waals surface area contributed by atoms with Crippen LogP contribution in [0.3, 0.4) is 0 Å². The van der Waals surface area contributed by atoms with Gasteiger partial charge in [-0.2, -0.15) is 0 Å². The molecule has 6 heteroatoms. The van der Waals surface area contributed by atoms with Gasteiger partial charge in [-0.25, -0.2) is 8.42 Å². The molecule has 0 spiro atoms. The number of nitrogens with zero attached hydrogens (tertiary/aromatic N) is 1. The fourth-order valence-electron chi connectivity index (χ4n) is 3.45. The Morgan fingerprint density at radius 3 is 2.71 bits per heavy atom. The Labute approximate surface area is 142 Å². The van der Waals surface area contributed by atoms with Crippen molar-refractivity contribution in [3.05, 3.63) is 35.1 Å². The molecule has 1 aromatic heterocycles. The molecule has 0 bridgehead atoms. The highest BCUT2D eigenvalue weighted by molar-refractivity contribution is 7.91. The first-order valence-electron chi connectivity index (χ1n) is 8.28. The number of likely N-dealkylation sites (N-methyl/N-ethyl adjacent to an activating group) is 1. The smallest absolute Gasteiger partial charge is 0.227 e. The minimum atomic E-state index is -3.00. The van der Waals surface area contributed by atoms with E-state index in [1.165, 1.54) is 0 Å². The molecule has 0 saturated carbocycles. The third kappa shape index (κ3) is 3.07. The molecule has 1 amide bonds. The molecule has 2 heterocycles. The Bertz CT molecular complexity index is 882. The van der Waals surface area contributed by atoms with Gasteiger partial charge in [0.1, 0.15) is 5.58 Å². The maximum absolute atomic E-state index is 12.7. The van der Waals surface area contributed by atoms with Crippen molar-refractivity contribution in [2.75, 3.05) is 18.1 Å². The molecule has 1 fully saturated rings. The topological polar surface area (TPSA) is 67.6 Å². The van der Waals surface area contributed by atoms with Crippen molar-refractivity contribution in [2.45, 2.75) is 39.7 Å². The molecule has 1 aromatic carbocycles. The molecular formula is C18H23NO4S. The second-order valence-electron chi connectivity index (χ2n) is 6.56. The zero-order valence-corrected chi connectivity index (χ0v) is 15.1. The molecule has 1 saturated heterocycles. The summed E-state index contributed by atoms with van der Waals surface area (Å²) in [6, 6.07) is 3.82. The molecule has 24 heavy (non-hydrogen) atoms. The fraction of sp³-hybridized carbons (Fsp3) is 0.500. The Balaban J connectivity index is 1.82. The zero-order valence-electron chi connectivity index (χ0n) is 14.3. The number of benzene rings is 1. The van der Waals surface area contributed by atoms with Gasteiger partial charge in [0.2, 0.25) is 5.91 Å². The molecule has 3 rings (SSSR count). The van der Waals surface area contributed by atoms with Crippen molar-refractivity contribution in [1.82, 2.24) is 4.90 Å². The number of fused-ring (bicyclic) bond motifs is 1. The van der Waals surface area contributed by atoms with E-state index in [1.807, 2.05) is 32.9 Å². The van der Waals surface area contributed by atoms with E-state index in [-0.39, 0.29) is 29.9 Å². The van der Waals surface area contributed by atoms with Gasteiger partial charge in [-0.1, -0.05) is 12.1 Å². The Morgan fingerprint density at radius 1 is 1.33 bits per heavy atom. The van der Waals surface area contributed by atoms with Crippen LogP contribution in [0.2, 0.25) is 0 Å². The largest absolute Gasteiger partial charge is 0.464 e. The van der Waals surface area contributed by atoms with Crippen LogP contribution in [0.15, 0.2) is 22.8 Å². The maximum atomic E-state index is 12.7. The van der Waals surface area contributed by atoms with Crippen LogP contribution in [0.25, 0.3) is 11.0 Å². The van der Waals surface area contributed by atoms with Crippen LogP contribution in [-0.4, -0.2) is 43.3 Å². The Hall–Kier alpha value is -1.82. The van der Waals surface area contributed by atoms with Crippen LogP contribution in [0, 0.1) is 13.8 Å². The molecular weight excluding hydrogens is 326 g/mol. The number of aryl methyl sites for hydroxylation is 2. The van der Waals surface area contributed by atoms with Crippen molar-refractivity contribution in [2.24, 2.45) is 0 Å². The second-order valence-corrected chi connectivity index (χ2v) is 8.79. The zero-order chi connectivity index (χ0) is 17.5. The number of hydrogen-bond donors (Lipinski definition) is 0. The lowest BCUT2D eigenvalue weighted by molar-refractivity contribution is -0.132. The predicted molar refractivity (Wildman–Crippen MR) is 93.8 cm³/mol. The van der Waals surface area contributed by atoms with E-state index in [0.29, 0.717) is 13.0 Å². The second kappa shape index (κ2) is 6.24. The van der Waals surface area contributed by atoms with Gasteiger partial charge in [0.25, 0.3) is 0 Å². The van der Waals surface area contributed by atoms with Crippen molar-refractivity contribution >= 4 is 26.7 Å². The molecule has 2 aromatic rings. The summed E-state index contributed by atoms with van der Waals surface area (Å²) in [7, 11) is -3.00. The van der Waals surface area contributed by atoms with Gasteiger partial charge < -0.3 is 9.32 Å². The summed E-state index contributed by atoms with van der Waals surface area (Å²) in [5.41, 5.74) is 3.92. The highest BCUT2D eigenvalue weighted by Gasteiger charge is 2.34. The molecule has 1 aliphatic rings. The van der Waals surface area contributed by atoms with E-state index >= 15 is 0 Å². The molecule has 0 unspecified atom stereocenters. The van der Waals surface area contributed by atoms with Crippen molar-refractivity contribution < 1.29 is 17.6 Å². The molecule has 0 aliphatic carbocycles. The SMILES string of the molecule is CCN(C(=O)Cc1coc2c(C)c(C)ccc12)[C@@H]1CCS(=O)(=O)C1. The molecule has 5 nitrogen and oxygen atoms in total. The van der Waals surface area contributed by atoms with E-state index in [2.05, 4.69) is 0 Å². The first kappa shape index (κ1) is 17.0. The van der Waals surface area contributed by atoms with E-state index in [9.17, 15) is 13.2 Å². The van der Waals surface area contributed by atoms with Crippen molar-refractivity contribution in [3.63, 3.8) is 0 Å². The molecule has 1 atom stereocenters. The van der Waals surface area contributed by atoms with Crippen LogP contribution in [0.4, 0.5) is 0 Å². The lowest BCUT2D eigenvalue weighted by atomic mass is 10.0. The Morgan fingerprint density at radius 2 is 2.08 bits per heavy atom. The molecule has 1 aliphatic heterocycles. The summed E-state index contributed by atoms with van der Waals surface area (Å²) in [6.45, 7) is 6.45. The number of amides is 1. The minimum Gasteiger partial charge on any atom is -0.464 e. The van der Waals surface area contributed by atoms with E-state index in [1.54, 1.807) is 11.2 Å². The third-order valence-electron chi connectivity index (χ3n) is 4.99. The molecule has 0 N–H and O–H groups in total. The van der Waals surface area contributed by atoms with Gasteiger partial charge in [-0.15, -0.1) is 0 Å². The van der Waals surface area contributed by atoms with Gasteiger partial charge in [-0.05, 0) is 38.3 Å². The number of carbonyl (C=O) groups excluding carboxylic acids is 1. The number of carbonyl (C=O) groups is 1. The van der Waals surface area contributed by atoms with Crippen LogP contribution < -0.4 is 0 Å². The highest BCUT2D eigenvalue weighted by atomic mass is 32.2. The summed E-state index contributed by atoms with van der Waals surface area (Å²) in [4.78, 5) is 14.4. The number of furan rings is 1. The third-order valence-corrected chi connectivity index (χ3v) is 6.74. The lowest BCUT2D eigenvalue weighted by Crippen LogP contribution is -2.41. The van der Waals surface area contributed by atoms with Crippen molar-refractivity contribution in [1.29, 1.82) is 0 Å². The van der Waals surface area contributed by atoms with Crippen LogP contribution in [-0.2, 0) is 21.1 Å². The average Bonchev–Trinajstić information content (AvgIpc) is 3.08. The van der Waals surface area contributed by atoms with E-state index in [0.717, 1.165) is 27.7 Å². The van der Waals surface area contributed by atoms with Crippen molar-refractivity contribution in [3.8, 4) is 0 Å². The highest BCUT2D eigenvalue weighted by Crippen LogP contribution is 2.27. The quantitative estimate of drug-likeness (QED) is 0.851. The monoisotopic (exact) mass is 349 g/mol. The summed E-state index contributed by atoms with van der Waals surface area (Å²) in [5.74, 6) is 0.214. The van der Waals surface area contributed by atoms with Gasteiger partial charge in [0.05, 0.1) is 24.2 Å². The summed E-state index contributed by atoms with van der Waals surface area (Å²) in [5, 5.41) is 0.960. The van der Waals surface area contributed by atoms with Crippen LogP contribution in [0.1, 0.15) is 30.0 Å². The van der Waals surface area contributed by atoms with Gasteiger partial charge in [-0.3, -0.25) is 4.79 Å². The van der Waals surface area contributed by atoms with Crippen LogP contribution in [0.5, 0.6) is 0 Å². The summed E-state index contributed by atoms with van der Waals surface area (Å²) >= 11 is 0. The number of sulfone groups is 1. The number of rotatable bonds is 4. The maximum Gasteiger partial charge on any atom is 0.227 e. The predicted octanol–water partition coefficient (Wildman–Crippen LogP) is 2.63. The first-order chi connectivity index (χ1) is 11.3. The van der Waals surface area contributed by atoms with E-state index in [4.69, 9.17) is 4.42 Å². The summed E-state index contributed by atoms with van der Waals surface area (Å²) < 4.78 is 29.1. The lowest BCUT2D eigenvalue weighted by Gasteiger charge is -2.26. The summed E-state index contributed by atoms with van der Waals surface area (Å²) in [6.07, 6.45) is 2.42. The van der Waals surface area contributed by atoms with E-state index < -0.39 is 9.84 Å². The normalized spacial score (nSPS) is 19.7. The van der Waals surface area contributed by atoms with Crippen LogP contribution >= 0.6 is 0 Å². The first-order valence-corrected chi connectivity index (χ1v) is 10.1. The standard InChI is InChI=1S/C18H23NO4S/c1-4-19(15-7-8-24(21,22)11-15)17(20)9-14-10-23-18-13(3)12(2)5-6-16(14)18/h5-6,10,15H,4,7-9,11H2,1-3H3/t15-/m1/s1. The van der Waals surface area contributed by atoms with Gasteiger partial charge >= 0.3 is 0 Å². The minimum absolute atomic E-state index is 0.0412.